The average molecular weight is 361 g/mol. The van der Waals surface area contributed by atoms with Crippen LogP contribution in [0.25, 0.3) is 10.8 Å². The molecule has 0 saturated heterocycles. The molecule has 27 heavy (non-hydrogen) atoms. The number of carbonyl (C=O) groups excluding carboxylic acids is 1. The molecule has 0 atom stereocenters. The molecular weight excluding hydrogens is 342 g/mol. The molecule has 0 aliphatic rings. The molecule has 0 radical (unpaired) electrons. The van der Waals surface area contributed by atoms with Crippen LogP contribution in [0.4, 0.5) is 0 Å². The lowest BCUT2D eigenvalue weighted by atomic mass is 10.1. The smallest absolute Gasteiger partial charge is 0.275 e. The number of hydrogen-bond acceptors (Lipinski definition) is 4. The van der Waals surface area contributed by atoms with Crippen molar-refractivity contribution in [3.05, 3.63) is 70.1 Å². The van der Waals surface area contributed by atoms with Crippen LogP contribution in [0, 0.1) is 12.3 Å². The molecule has 2 aromatic carbocycles. The van der Waals surface area contributed by atoms with Crippen LogP contribution in [-0.4, -0.2) is 22.8 Å². The summed E-state index contributed by atoms with van der Waals surface area (Å²) in [5.74, 6) is 2.98. The number of nitrogens with one attached hydrogen (secondary N) is 1. The second-order valence-electron chi connectivity index (χ2n) is 5.96. The van der Waals surface area contributed by atoms with Crippen LogP contribution < -0.4 is 15.6 Å². The summed E-state index contributed by atoms with van der Waals surface area (Å²) in [5, 5.41) is 8.41. The van der Waals surface area contributed by atoms with E-state index in [2.05, 4.69) is 16.3 Å². The van der Waals surface area contributed by atoms with E-state index in [4.69, 9.17) is 11.2 Å². The normalized spacial score (nSPS) is 10.4. The van der Waals surface area contributed by atoms with E-state index in [0.717, 1.165) is 5.56 Å². The lowest BCUT2D eigenvalue weighted by molar-refractivity contribution is -0.120. The van der Waals surface area contributed by atoms with Gasteiger partial charge in [-0.25, -0.2) is 4.68 Å². The molecule has 1 N–H and O–H groups in total. The number of amides is 1. The fraction of sp³-hybridized carbons (Fsp3) is 0.190. The van der Waals surface area contributed by atoms with Crippen LogP contribution in [0.1, 0.15) is 11.3 Å². The van der Waals surface area contributed by atoms with Gasteiger partial charge in [0.2, 0.25) is 5.91 Å². The Bertz CT molecular complexity index is 1080. The van der Waals surface area contributed by atoms with Gasteiger partial charge in [-0.1, -0.05) is 36.3 Å². The van der Waals surface area contributed by atoms with Crippen molar-refractivity contribution in [2.75, 3.05) is 7.11 Å². The number of benzene rings is 2. The molecule has 0 saturated carbocycles. The quantitative estimate of drug-likeness (QED) is 0.681. The highest BCUT2D eigenvalue weighted by Crippen LogP contribution is 2.14. The molecule has 3 rings (SSSR count). The Labute approximate surface area is 156 Å². The Balaban J connectivity index is 1.80. The Morgan fingerprint density at radius 1 is 1.22 bits per heavy atom. The predicted molar refractivity (Wildman–Crippen MR) is 103 cm³/mol. The third-order valence-electron chi connectivity index (χ3n) is 4.14. The average Bonchev–Trinajstić information content (AvgIpc) is 2.69. The summed E-state index contributed by atoms with van der Waals surface area (Å²) in [5.41, 5.74) is 1.21. The number of carbonyl (C=O) groups is 1. The molecule has 0 aliphatic carbocycles. The Morgan fingerprint density at radius 3 is 2.74 bits per heavy atom. The highest BCUT2D eigenvalue weighted by Gasteiger charge is 2.11. The third-order valence-corrected chi connectivity index (χ3v) is 4.14. The molecule has 0 unspecified atom stereocenters. The van der Waals surface area contributed by atoms with Gasteiger partial charge in [0.05, 0.1) is 31.2 Å². The molecule has 0 fully saturated rings. The maximum Gasteiger partial charge on any atom is 0.275 e. The van der Waals surface area contributed by atoms with Gasteiger partial charge in [0, 0.05) is 5.39 Å². The third kappa shape index (κ3) is 4.15. The largest absolute Gasteiger partial charge is 0.497 e. The van der Waals surface area contributed by atoms with E-state index < -0.39 is 0 Å². The van der Waals surface area contributed by atoms with Gasteiger partial charge in [-0.05, 0) is 23.8 Å². The van der Waals surface area contributed by atoms with Crippen LogP contribution in [-0.2, 0) is 24.3 Å². The molecule has 3 aromatic rings. The van der Waals surface area contributed by atoms with Crippen molar-refractivity contribution in [3.8, 4) is 18.1 Å². The van der Waals surface area contributed by atoms with Crippen molar-refractivity contribution in [2.24, 2.45) is 0 Å². The number of nitrogens with zero attached hydrogens (tertiary/aromatic N) is 2. The first-order valence-corrected chi connectivity index (χ1v) is 8.44. The first-order valence-electron chi connectivity index (χ1n) is 8.44. The monoisotopic (exact) mass is 361 g/mol. The summed E-state index contributed by atoms with van der Waals surface area (Å²) in [4.78, 5) is 24.7. The van der Waals surface area contributed by atoms with E-state index >= 15 is 0 Å². The summed E-state index contributed by atoms with van der Waals surface area (Å²) in [6, 6.07) is 14.5. The molecule has 6 heteroatoms. The van der Waals surface area contributed by atoms with E-state index in [1.807, 2.05) is 36.4 Å². The van der Waals surface area contributed by atoms with E-state index in [1.165, 1.54) is 4.68 Å². The van der Waals surface area contributed by atoms with Crippen LogP contribution in [0.2, 0.25) is 0 Å². The fourth-order valence-electron chi connectivity index (χ4n) is 2.84. The lowest BCUT2D eigenvalue weighted by Gasteiger charge is -2.11. The van der Waals surface area contributed by atoms with Crippen molar-refractivity contribution >= 4 is 16.7 Å². The predicted octanol–water partition coefficient (Wildman–Crippen LogP) is 1.90. The number of terminal acetylenes is 1. The minimum Gasteiger partial charge on any atom is -0.497 e. The second kappa shape index (κ2) is 8.19. The summed E-state index contributed by atoms with van der Waals surface area (Å²) >= 11 is 0. The van der Waals surface area contributed by atoms with Crippen LogP contribution in [0.15, 0.2) is 53.3 Å². The van der Waals surface area contributed by atoms with E-state index in [0.29, 0.717) is 22.2 Å². The maximum atomic E-state index is 12.4. The zero-order valence-electron chi connectivity index (χ0n) is 14.9. The topological polar surface area (TPSA) is 73.2 Å². The van der Waals surface area contributed by atoms with Crippen LogP contribution in [0.3, 0.4) is 0 Å². The van der Waals surface area contributed by atoms with Crippen LogP contribution in [0.5, 0.6) is 5.75 Å². The number of aromatic nitrogens is 2. The van der Waals surface area contributed by atoms with Gasteiger partial charge in [0.1, 0.15) is 12.3 Å². The molecule has 1 amide bonds. The fourth-order valence-corrected chi connectivity index (χ4v) is 2.84. The van der Waals surface area contributed by atoms with E-state index in [9.17, 15) is 9.59 Å². The summed E-state index contributed by atoms with van der Waals surface area (Å²) in [7, 11) is 1.58. The van der Waals surface area contributed by atoms with Crippen molar-refractivity contribution in [1.29, 1.82) is 0 Å². The molecule has 0 spiro atoms. The number of fused-ring (bicyclic) bond motifs is 1. The summed E-state index contributed by atoms with van der Waals surface area (Å²) < 4.78 is 6.41. The summed E-state index contributed by atoms with van der Waals surface area (Å²) in [6.07, 6.45) is 5.55. The molecule has 0 aliphatic heterocycles. The number of methoxy groups -OCH3 is 1. The number of ether oxygens (including phenoxy) is 1. The van der Waals surface area contributed by atoms with Crippen molar-refractivity contribution in [3.63, 3.8) is 0 Å². The van der Waals surface area contributed by atoms with Gasteiger partial charge in [-0.15, -0.1) is 6.42 Å². The van der Waals surface area contributed by atoms with Gasteiger partial charge in [0.25, 0.3) is 5.56 Å². The maximum absolute atomic E-state index is 12.4. The van der Waals surface area contributed by atoms with Crippen LogP contribution >= 0.6 is 0 Å². The van der Waals surface area contributed by atoms with Crippen molar-refractivity contribution in [1.82, 2.24) is 15.1 Å². The van der Waals surface area contributed by atoms with Crippen molar-refractivity contribution in [2.45, 2.75) is 19.5 Å². The van der Waals surface area contributed by atoms with E-state index in [-0.39, 0.29) is 31.0 Å². The SMILES string of the molecule is C#CCn1nc(CNC(=O)Cc2cccc(OC)c2)c2ccccc2c1=O. The highest BCUT2D eigenvalue weighted by atomic mass is 16.5. The Hall–Kier alpha value is -3.59. The number of hydrogen-bond donors (Lipinski definition) is 1. The minimum atomic E-state index is -0.241. The Morgan fingerprint density at radius 2 is 2.00 bits per heavy atom. The van der Waals surface area contributed by atoms with Gasteiger partial charge in [0.15, 0.2) is 0 Å². The zero-order chi connectivity index (χ0) is 19.2. The molecule has 6 nitrogen and oxygen atoms in total. The van der Waals surface area contributed by atoms with Gasteiger partial charge < -0.3 is 10.1 Å². The van der Waals surface area contributed by atoms with Gasteiger partial charge in [-0.2, -0.15) is 5.10 Å². The second-order valence-corrected chi connectivity index (χ2v) is 5.96. The number of rotatable bonds is 6. The van der Waals surface area contributed by atoms with E-state index in [1.54, 1.807) is 19.2 Å². The van der Waals surface area contributed by atoms with Crippen molar-refractivity contribution < 1.29 is 9.53 Å². The summed E-state index contributed by atoms with van der Waals surface area (Å²) in [6.45, 7) is 0.280. The first kappa shape index (κ1) is 18.2. The minimum absolute atomic E-state index is 0.0778. The Kier molecular flexibility index (Phi) is 5.53. The molecule has 1 aromatic heterocycles. The zero-order valence-corrected chi connectivity index (χ0v) is 14.9. The molecule has 0 bridgehead atoms. The first-order chi connectivity index (χ1) is 13.1. The highest BCUT2D eigenvalue weighted by molar-refractivity contribution is 5.84. The standard InChI is InChI=1S/C21H19N3O3/c1-3-11-24-21(26)18-10-5-4-9-17(18)19(23-24)14-22-20(25)13-15-7-6-8-16(12-15)27-2/h1,4-10,12H,11,13-14H2,2H3,(H,22,25). The molecule has 136 valence electrons. The van der Waals surface area contributed by atoms with Gasteiger partial charge in [-0.3, -0.25) is 9.59 Å². The lowest BCUT2D eigenvalue weighted by Crippen LogP contribution is -2.29. The molecular formula is C21H19N3O3. The molecule has 1 heterocycles. The van der Waals surface area contributed by atoms with Gasteiger partial charge >= 0.3 is 0 Å².